The molecule has 0 spiro atoms. The van der Waals surface area contributed by atoms with Crippen LogP contribution in [0.4, 0.5) is 5.69 Å². The molecule has 0 aliphatic heterocycles. The van der Waals surface area contributed by atoms with Crippen molar-refractivity contribution < 1.29 is 28.0 Å². The standard InChI is InChI=1S/C11H11NO4.2ClH.Ru/c1-7-6-10(12(14)15)4-5-11(7)16-9(3)8(2)13;;;/h1,4-6,9H,2-3H3;2*1H;/q;;;+2/p-2. The average Bonchev–Trinajstić information content (AvgIpc) is 2.30. The number of hydrogen-bond donors (Lipinski definition) is 0. The normalized spacial score (nSPS) is 12.5. The predicted molar refractivity (Wildman–Crippen MR) is 70.7 cm³/mol. The number of nitro benzene ring substituents is 1. The number of hydrogen-bond acceptors (Lipinski definition) is 4. The Balaban J connectivity index is 3.19. The zero-order chi connectivity index (χ0) is 14.6. The summed E-state index contributed by atoms with van der Waals surface area (Å²) in [6.45, 7) is 3.00. The summed E-state index contributed by atoms with van der Waals surface area (Å²) in [4.78, 5) is 21.4. The Bertz CT molecular complexity index is 543. The fourth-order valence-electron chi connectivity index (χ4n) is 1.19. The van der Waals surface area contributed by atoms with Gasteiger partial charge in [0.05, 0.1) is 0 Å². The van der Waals surface area contributed by atoms with E-state index in [0.29, 0.717) is 11.3 Å². The van der Waals surface area contributed by atoms with Gasteiger partial charge in [-0.1, -0.05) is 0 Å². The zero-order valence-electron chi connectivity index (χ0n) is 10.1. The van der Waals surface area contributed by atoms with Crippen LogP contribution in [-0.4, -0.2) is 21.4 Å². The molecule has 8 heteroatoms. The minimum absolute atomic E-state index is 0.0853. The number of carbonyl (C=O) groups excluding carboxylic acids is 1. The summed E-state index contributed by atoms with van der Waals surface area (Å²) < 4.78 is 6.99. The number of halogens is 2. The SMILES string of the molecule is CC(=O)C(C)Oc1ccc([N+](=O)[O-])cc1[CH]=[Ru]([Cl])[Cl]. The molecule has 1 unspecified atom stereocenters. The van der Waals surface area contributed by atoms with Crippen molar-refractivity contribution >= 4 is 35.5 Å². The Kier molecular flexibility index (Phi) is 6.04. The molecular weight excluding hydrogens is 382 g/mol. The third kappa shape index (κ3) is 4.98. The molecule has 19 heavy (non-hydrogen) atoms. The van der Waals surface area contributed by atoms with Gasteiger partial charge in [-0.25, -0.2) is 0 Å². The number of nitro groups is 1. The molecule has 1 aromatic rings. The topological polar surface area (TPSA) is 69.4 Å². The van der Waals surface area contributed by atoms with Gasteiger partial charge in [-0.3, -0.25) is 0 Å². The van der Waals surface area contributed by atoms with Crippen LogP contribution in [0.25, 0.3) is 0 Å². The Morgan fingerprint density at radius 1 is 1.53 bits per heavy atom. The third-order valence-electron chi connectivity index (χ3n) is 2.27. The molecule has 0 bridgehead atoms. The molecule has 0 amide bonds. The molecular formula is C11H11Cl2NO4Ru. The van der Waals surface area contributed by atoms with Crippen molar-refractivity contribution in [2.45, 2.75) is 20.0 Å². The number of carbonyl (C=O) groups is 1. The molecule has 0 radical (unpaired) electrons. The second-order valence-corrected chi connectivity index (χ2v) is 9.38. The monoisotopic (exact) mass is 393 g/mol. The van der Waals surface area contributed by atoms with E-state index in [9.17, 15) is 14.9 Å². The second kappa shape index (κ2) is 7.08. The number of Topliss-reactive ketones (excluding diaryl/α,β-unsaturated/α-hetero) is 1. The van der Waals surface area contributed by atoms with Gasteiger partial charge in [0.15, 0.2) is 0 Å². The second-order valence-electron chi connectivity index (χ2n) is 3.66. The molecule has 5 nitrogen and oxygen atoms in total. The number of benzene rings is 1. The molecule has 0 saturated carbocycles. The van der Waals surface area contributed by atoms with E-state index < -0.39 is 24.5 Å². The van der Waals surface area contributed by atoms with E-state index in [0.717, 1.165) is 0 Å². The fourth-order valence-corrected chi connectivity index (χ4v) is 2.98. The van der Waals surface area contributed by atoms with Gasteiger partial charge in [0.2, 0.25) is 0 Å². The van der Waals surface area contributed by atoms with Crippen molar-refractivity contribution in [2.75, 3.05) is 0 Å². The molecule has 0 saturated heterocycles. The first-order chi connectivity index (χ1) is 8.81. The fraction of sp³-hybridized carbons (Fsp3) is 0.273. The molecule has 1 rings (SSSR count). The van der Waals surface area contributed by atoms with Crippen LogP contribution < -0.4 is 4.74 Å². The molecule has 106 valence electrons. The summed E-state index contributed by atoms with van der Waals surface area (Å²) in [5.41, 5.74) is 0.351. The van der Waals surface area contributed by atoms with Crippen LogP contribution in [0.1, 0.15) is 19.4 Å². The summed E-state index contributed by atoms with van der Waals surface area (Å²) in [6, 6.07) is 4.07. The van der Waals surface area contributed by atoms with Gasteiger partial charge in [-0.2, -0.15) is 0 Å². The van der Waals surface area contributed by atoms with E-state index >= 15 is 0 Å². The van der Waals surface area contributed by atoms with Crippen LogP contribution >= 0.6 is 19.4 Å². The van der Waals surface area contributed by atoms with E-state index in [1.807, 2.05) is 0 Å². The molecule has 1 aromatic carbocycles. The number of rotatable bonds is 5. The molecule has 0 heterocycles. The third-order valence-corrected chi connectivity index (χ3v) is 4.10. The molecule has 0 aliphatic rings. The van der Waals surface area contributed by atoms with E-state index in [4.69, 9.17) is 24.1 Å². The number of nitrogens with zero attached hydrogens (tertiary/aromatic N) is 1. The van der Waals surface area contributed by atoms with E-state index in [1.165, 1.54) is 25.1 Å². The Labute approximate surface area is 123 Å². The summed E-state index contributed by atoms with van der Waals surface area (Å²) in [5.74, 6) is 0.212. The zero-order valence-corrected chi connectivity index (χ0v) is 13.3. The van der Waals surface area contributed by atoms with Crippen LogP contribution in [0.2, 0.25) is 0 Å². The van der Waals surface area contributed by atoms with Crippen molar-refractivity contribution in [1.82, 2.24) is 0 Å². The summed E-state index contributed by atoms with van der Waals surface area (Å²) in [5, 5.41) is 10.7. The molecule has 0 aliphatic carbocycles. The maximum absolute atomic E-state index is 11.2. The van der Waals surface area contributed by atoms with Gasteiger partial charge in [-0.15, -0.1) is 0 Å². The predicted octanol–water partition coefficient (Wildman–Crippen LogP) is 3.03. The van der Waals surface area contributed by atoms with Crippen LogP contribution in [0.3, 0.4) is 0 Å². The van der Waals surface area contributed by atoms with Gasteiger partial charge in [0.1, 0.15) is 0 Å². The first-order valence-corrected chi connectivity index (χ1v) is 10.6. The van der Waals surface area contributed by atoms with Crippen LogP contribution in [0.5, 0.6) is 5.75 Å². The molecule has 1 atom stereocenters. The summed E-state index contributed by atoms with van der Waals surface area (Å²) in [7, 11) is 11.6. The first kappa shape index (κ1) is 16.2. The summed E-state index contributed by atoms with van der Waals surface area (Å²) in [6.07, 6.45) is -0.639. The number of ether oxygens (including phenoxy) is 1. The van der Waals surface area contributed by atoms with Gasteiger partial charge in [0.25, 0.3) is 0 Å². The van der Waals surface area contributed by atoms with E-state index in [-0.39, 0.29) is 11.5 Å². The molecule has 0 N–H and O–H groups in total. The van der Waals surface area contributed by atoms with Crippen molar-refractivity contribution in [2.24, 2.45) is 0 Å². The number of non-ortho nitro benzene ring substituents is 1. The van der Waals surface area contributed by atoms with Crippen LogP contribution in [0, 0.1) is 10.1 Å². The van der Waals surface area contributed by atoms with Gasteiger partial charge >= 0.3 is 123 Å². The molecule has 0 aromatic heterocycles. The average molecular weight is 393 g/mol. The summed E-state index contributed by atoms with van der Waals surface area (Å²) >= 11 is -2.16. The van der Waals surface area contributed by atoms with Crippen molar-refractivity contribution in [3.63, 3.8) is 0 Å². The Hall–Kier alpha value is -0.837. The van der Waals surface area contributed by atoms with Crippen molar-refractivity contribution in [1.29, 1.82) is 0 Å². The van der Waals surface area contributed by atoms with Crippen LogP contribution in [0.15, 0.2) is 18.2 Å². The molecule has 0 fully saturated rings. The van der Waals surface area contributed by atoms with Gasteiger partial charge in [0, 0.05) is 0 Å². The van der Waals surface area contributed by atoms with Gasteiger partial charge < -0.3 is 0 Å². The first-order valence-electron chi connectivity index (χ1n) is 5.10. The maximum atomic E-state index is 11.2. The Morgan fingerprint density at radius 2 is 2.16 bits per heavy atom. The van der Waals surface area contributed by atoms with Crippen molar-refractivity contribution in [3.8, 4) is 5.75 Å². The van der Waals surface area contributed by atoms with Crippen LogP contribution in [-0.2, 0) is 18.3 Å². The van der Waals surface area contributed by atoms with Gasteiger partial charge in [-0.05, 0) is 0 Å². The van der Waals surface area contributed by atoms with E-state index in [1.54, 1.807) is 11.5 Å². The quantitative estimate of drug-likeness (QED) is 0.438. The number of ketones is 1. The van der Waals surface area contributed by atoms with Crippen molar-refractivity contribution in [3.05, 3.63) is 33.9 Å². The minimum atomic E-state index is -2.16. The van der Waals surface area contributed by atoms with E-state index in [2.05, 4.69) is 0 Å². The Morgan fingerprint density at radius 3 is 2.63 bits per heavy atom.